The van der Waals surface area contributed by atoms with Crippen LogP contribution in [0.5, 0.6) is 0 Å². The molecule has 0 bridgehead atoms. The van der Waals surface area contributed by atoms with Crippen molar-refractivity contribution in [3.8, 4) is 0 Å². The Morgan fingerprint density at radius 2 is 1.61 bits per heavy atom. The maximum atomic E-state index is 13.0. The molecule has 0 amide bonds. The normalized spacial score (nSPS) is 14.6. The third-order valence-corrected chi connectivity index (χ3v) is 3.51. The van der Waals surface area contributed by atoms with Crippen molar-refractivity contribution in [2.75, 3.05) is 0 Å². The predicted molar refractivity (Wildman–Crippen MR) is 73.4 cm³/mol. The lowest BCUT2D eigenvalue weighted by molar-refractivity contribution is -0.152. The molecule has 6 heteroatoms. The minimum absolute atomic E-state index is 0.211. The summed E-state index contributed by atoms with van der Waals surface area (Å²) < 4.78 is 42.0. The molecule has 0 saturated heterocycles. The molecule has 1 atom stereocenters. The minimum atomic E-state index is -4.31. The van der Waals surface area contributed by atoms with Crippen LogP contribution in [0.2, 0.25) is 0 Å². The highest BCUT2D eigenvalue weighted by molar-refractivity contribution is 9.10. The number of nitrogens with one attached hydrogen (secondary N) is 1. The van der Waals surface area contributed by atoms with Crippen LogP contribution >= 0.6 is 27.9 Å². The van der Waals surface area contributed by atoms with E-state index in [4.69, 9.17) is 0 Å². The van der Waals surface area contributed by atoms with E-state index in [1.54, 1.807) is 12.1 Å². The van der Waals surface area contributed by atoms with Crippen molar-refractivity contribution in [2.24, 2.45) is 0 Å². The second-order valence-electron chi connectivity index (χ2n) is 4.86. The van der Waals surface area contributed by atoms with Crippen LogP contribution in [-0.2, 0) is 0 Å². The standard InChI is InChI=1S/C12H15BrF3NS/c1-11(2,3)18-17-10(12(14,15)16)8-4-6-9(13)7-5-8/h4-7,10,17H,1-3H3/t10-/m0/s1. The molecule has 1 nitrogen and oxygen atoms in total. The lowest BCUT2D eigenvalue weighted by Gasteiger charge is -2.26. The molecule has 1 rings (SSSR count). The Bertz CT molecular complexity index is 384. The van der Waals surface area contributed by atoms with Crippen LogP contribution in [0.3, 0.4) is 0 Å². The SMILES string of the molecule is CC(C)(C)SN[C@@H](c1ccc(Br)cc1)C(F)(F)F. The van der Waals surface area contributed by atoms with Crippen LogP contribution in [0, 0.1) is 0 Å². The molecule has 18 heavy (non-hydrogen) atoms. The number of benzene rings is 1. The van der Waals surface area contributed by atoms with Gasteiger partial charge in [-0.15, -0.1) is 0 Å². The maximum absolute atomic E-state index is 13.0. The molecule has 0 aliphatic heterocycles. The first kappa shape index (κ1) is 15.9. The summed E-state index contributed by atoms with van der Waals surface area (Å²) in [6, 6.07) is 4.50. The summed E-state index contributed by atoms with van der Waals surface area (Å²) in [5.74, 6) is 0. The summed E-state index contributed by atoms with van der Waals surface area (Å²) in [6.45, 7) is 5.58. The van der Waals surface area contributed by atoms with Gasteiger partial charge in [0.15, 0.2) is 0 Å². The fraction of sp³-hybridized carbons (Fsp3) is 0.500. The van der Waals surface area contributed by atoms with E-state index in [1.807, 2.05) is 20.8 Å². The second-order valence-corrected chi connectivity index (χ2v) is 7.44. The van der Waals surface area contributed by atoms with Crippen LogP contribution in [0.4, 0.5) is 13.2 Å². The molecular weight excluding hydrogens is 327 g/mol. The van der Waals surface area contributed by atoms with E-state index in [0.717, 1.165) is 16.4 Å². The van der Waals surface area contributed by atoms with Crippen molar-refractivity contribution in [3.63, 3.8) is 0 Å². The van der Waals surface area contributed by atoms with Crippen molar-refractivity contribution < 1.29 is 13.2 Å². The van der Waals surface area contributed by atoms with Crippen molar-refractivity contribution in [1.29, 1.82) is 0 Å². The van der Waals surface area contributed by atoms with Gasteiger partial charge in [0.1, 0.15) is 6.04 Å². The molecule has 0 radical (unpaired) electrons. The fourth-order valence-electron chi connectivity index (χ4n) is 1.21. The van der Waals surface area contributed by atoms with Crippen molar-refractivity contribution in [3.05, 3.63) is 34.3 Å². The van der Waals surface area contributed by atoms with Crippen molar-refractivity contribution in [2.45, 2.75) is 37.7 Å². The van der Waals surface area contributed by atoms with Gasteiger partial charge >= 0.3 is 6.18 Å². The van der Waals surface area contributed by atoms with E-state index in [0.29, 0.717) is 0 Å². The highest BCUT2D eigenvalue weighted by Gasteiger charge is 2.41. The van der Waals surface area contributed by atoms with Gasteiger partial charge < -0.3 is 0 Å². The molecule has 1 N–H and O–H groups in total. The molecule has 0 heterocycles. The number of hydrogen-bond acceptors (Lipinski definition) is 2. The Hall–Kier alpha value is -0.200. The Balaban J connectivity index is 2.89. The first-order valence-electron chi connectivity index (χ1n) is 5.35. The van der Waals surface area contributed by atoms with Gasteiger partial charge in [-0.25, -0.2) is 4.72 Å². The molecule has 0 spiro atoms. The second kappa shape index (κ2) is 5.84. The quantitative estimate of drug-likeness (QED) is 0.768. The third-order valence-electron chi connectivity index (χ3n) is 2.01. The monoisotopic (exact) mass is 341 g/mol. The Morgan fingerprint density at radius 1 is 1.11 bits per heavy atom. The van der Waals surface area contributed by atoms with E-state index in [-0.39, 0.29) is 10.3 Å². The molecule has 102 valence electrons. The van der Waals surface area contributed by atoms with Crippen LogP contribution in [0.25, 0.3) is 0 Å². The number of rotatable bonds is 3. The summed E-state index contributed by atoms with van der Waals surface area (Å²) >= 11 is 4.29. The fourth-order valence-corrected chi connectivity index (χ4v) is 2.22. The summed E-state index contributed by atoms with van der Waals surface area (Å²) in [5.41, 5.74) is 0.211. The molecule has 1 aromatic rings. The number of alkyl halides is 3. The molecule has 0 fully saturated rings. The van der Waals surface area contributed by atoms with Crippen molar-refractivity contribution >= 4 is 27.9 Å². The summed E-state index contributed by atoms with van der Waals surface area (Å²) in [4.78, 5) is 0. The van der Waals surface area contributed by atoms with Gasteiger partial charge in [-0.1, -0.05) is 40.0 Å². The summed E-state index contributed by atoms with van der Waals surface area (Å²) in [5, 5.41) is 0. The molecule has 0 aliphatic rings. The van der Waals surface area contributed by atoms with Gasteiger partial charge in [-0.3, -0.25) is 0 Å². The van der Waals surface area contributed by atoms with Crippen LogP contribution < -0.4 is 4.72 Å². The topological polar surface area (TPSA) is 12.0 Å². The van der Waals surface area contributed by atoms with Gasteiger partial charge in [0, 0.05) is 9.22 Å². The predicted octanol–water partition coefficient (Wildman–Crippen LogP) is 5.09. The molecule has 0 aromatic heterocycles. The lowest BCUT2D eigenvalue weighted by Crippen LogP contribution is -2.32. The first-order valence-corrected chi connectivity index (χ1v) is 6.96. The molecule has 0 aliphatic carbocycles. The highest BCUT2D eigenvalue weighted by Crippen LogP contribution is 2.36. The smallest absolute Gasteiger partial charge is 0.248 e. The largest absolute Gasteiger partial charge is 0.408 e. The van der Waals surface area contributed by atoms with Crippen LogP contribution in [-0.4, -0.2) is 10.9 Å². The van der Waals surface area contributed by atoms with E-state index >= 15 is 0 Å². The number of hydrogen-bond donors (Lipinski definition) is 1. The zero-order valence-electron chi connectivity index (χ0n) is 10.3. The first-order chi connectivity index (χ1) is 8.09. The lowest BCUT2D eigenvalue weighted by atomic mass is 10.1. The number of halogens is 4. The van der Waals surface area contributed by atoms with Gasteiger partial charge in [0.2, 0.25) is 0 Å². The summed E-state index contributed by atoms with van der Waals surface area (Å²) in [7, 11) is 0. The maximum Gasteiger partial charge on any atom is 0.408 e. The molecule has 0 saturated carbocycles. The molecular formula is C12H15BrF3NS. The van der Waals surface area contributed by atoms with Gasteiger partial charge in [-0.05, 0) is 38.5 Å². The Morgan fingerprint density at radius 3 is 2.00 bits per heavy atom. The van der Waals surface area contributed by atoms with E-state index in [2.05, 4.69) is 20.7 Å². The average molecular weight is 342 g/mol. The zero-order chi connectivity index (χ0) is 14.0. The third kappa shape index (κ3) is 5.20. The van der Waals surface area contributed by atoms with Crippen molar-refractivity contribution in [1.82, 2.24) is 4.72 Å². The minimum Gasteiger partial charge on any atom is -0.248 e. The molecule has 0 unspecified atom stereocenters. The Labute approximate surface area is 118 Å². The van der Waals surface area contributed by atoms with E-state index < -0.39 is 12.2 Å². The average Bonchev–Trinajstić information content (AvgIpc) is 2.17. The van der Waals surface area contributed by atoms with Gasteiger partial charge in [0.05, 0.1) is 0 Å². The highest BCUT2D eigenvalue weighted by atomic mass is 79.9. The van der Waals surface area contributed by atoms with Gasteiger partial charge in [-0.2, -0.15) is 13.2 Å². The van der Waals surface area contributed by atoms with E-state index in [9.17, 15) is 13.2 Å². The van der Waals surface area contributed by atoms with Gasteiger partial charge in [0.25, 0.3) is 0 Å². The zero-order valence-corrected chi connectivity index (χ0v) is 12.7. The van der Waals surface area contributed by atoms with Crippen LogP contribution in [0.1, 0.15) is 32.4 Å². The van der Waals surface area contributed by atoms with E-state index in [1.165, 1.54) is 12.1 Å². The van der Waals surface area contributed by atoms with Crippen LogP contribution in [0.15, 0.2) is 28.7 Å². The molecule has 1 aromatic carbocycles. The summed E-state index contributed by atoms with van der Waals surface area (Å²) in [6.07, 6.45) is -4.31. The Kier molecular flexibility index (Phi) is 5.14.